The summed E-state index contributed by atoms with van der Waals surface area (Å²) < 4.78 is 3.06. The molecule has 10 nitrogen and oxygen atoms in total. The molecule has 0 aliphatic rings. The summed E-state index contributed by atoms with van der Waals surface area (Å²) in [5.41, 5.74) is 15.2. The Labute approximate surface area is 234 Å². The number of nitrogens with two attached hydrogens (primary N) is 2. The molecule has 11 heteroatoms. The van der Waals surface area contributed by atoms with Crippen LogP contribution < -0.4 is 17.0 Å². The summed E-state index contributed by atoms with van der Waals surface area (Å²) in [7, 11) is 1.62. The van der Waals surface area contributed by atoms with Gasteiger partial charge in [0.2, 0.25) is 0 Å². The van der Waals surface area contributed by atoms with Crippen LogP contribution in [-0.2, 0) is 13.5 Å². The van der Waals surface area contributed by atoms with E-state index in [4.69, 9.17) is 16.5 Å². The number of anilines is 1. The summed E-state index contributed by atoms with van der Waals surface area (Å²) >= 11 is 1.49. The van der Waals surface area contributed by atoms with E-state index in [-0.39, 0.29) is 16.9 Å². The standard InChI is InChI=1S/C21H15N3OS.C8H11N5O/c1-2-19-23-18-10-6-7-15(11-12-16-13-26-14-22-16)20(18)21(25)24(19)17-8-4-3-5-9-17;1-3-4-11-8-5(7(10)14)6(9)12-13(8)2/h3-10,13-14H,2H2,1H3;3-4H,1H2,2H3,(H2,9,12)(H2,10,14)/b;11-4-. The van der Waals surface area contributed by atoms with E-state index in [0.29, 0.717) is 34.4 Å². The van der Waals surface area contributed by atoms with E-state index in [1.807, 2.05) is 60.8 Å². The first kappa shape index (κ1) is 27.7. The van der Waals surface area contributed by atoms with Gasteiger partial charge in [-0.2, -0.15) is 5.10 Å². The highest BCUT2D eigenvalue weighted by atomic mass is 32.1. The van der Waals surface area contributed by atoms with Gasteiger partial charge in [-0.1, -0.05) is 49.8 Å². The zero-order chi connectivity index (χ0) is 28.6. The van der Waals surface area contributed by atoms with Crippen molar-refractivity contribution >= 4 is 46.0 Å². The maximum Gasteiger partial charge on any atom is 0.267 e. The molecule has 5 aromatic rings. The Balaban J connectivity index is 0.000000224. The van der Waals surface area contributed by atoms with Crippen molar-refractivity contribution in [2.24, 2.45) is 17.8 Å². The molecule has 3 aromatic heterocycles. The number of benzene rings is 2. The van der Waals surface area contributed by atoms with E-state index in [2.05, 4.69) is 33.5 Å². The minimum Gasteiger partial charge on any atom is -0.381 e. The first-order valence-corrected chi connectivity index (χ1v) is 13.1. The van der Waals surface area contributed by atoms with Crippen molar-refractivity contribution in [2.45, 2.75) is 13.3 Å². The number of rotatable bonds is 5. The van der Waals surface area contributed by atoms with Gasteiger partial charge in [0, 0.05) is 30.6 Å². The van der Waals surface area contributed by atoms with Gasteiger partial charge in [0.15, 0.2) is 11.6 Å². The summed E-state index contributed by atoms with van der Waals surface area (Å²) in [6.45, 7) is 5.46. The van der Waals surface area contributed by atoms with E-state index in [1.165, 1.54) is 28.3 Å². The van der Waals surface area contributed by atoms with Crippen molar-refractivity contribution in [1.82, 2.24) is 24.3 Å². The summed E-state index contributed by atoms with van der Waals surface area (Å²) in [5, 5.41) is 6.25. The monoisotopic (exact) mass is 550 g/mol. The van der Waals surface area contributed by atoms with Crippen LogP contribution in [0.3, 0.4) is 0 Å². The van der Waals surface area contributed by atoms with Gasteiger partial charge in [0.25, 0.3) is 11.5 Å². The Hall–Kier alpha value is -5.34. The maximum atomic E-state index is 13.3. The lowest BCUT2D eigenvalue weighted by atomic mass is 10.1. The second-order valence-corrected chi connectivity index (χ2v) is 8.99. The van der Waals surface area contributed by atoms with Crippen LogP contribution in [0.25, 0.3) is 16.6 Å². The zero-order valence-electron chi connectivity index (χ0n) is 21.9. The SMILES string of the molecule is C=C/C=N\c1c(C(N)=O)c(N)nn1C.CCc1nc2cccc(C#Cc3cscn3)c2c(=O)n1-c1ccccc1. The minimum absolute atomic E-state index is 0.0798. The molecule has 0 aliphatic carbocycles. The quantitative estimate of drug-likeness (QED) is 0.251. The number of hydrogen-bond acceptors (Lipinski definition) is 8. The van der Waals surface area contributed by atoms with E-state index in [1.54, 1.807) is 17.1 Å². The highest BCUT2D eigenvalue weighted by Crippen LogP contribution is 2.23. The molecule has 40 heavy (non-hydrogen) atoms. The van der Waals surface area contributed by atoms with Crippen LogP contribution in [0.1, 0.15) is 34.4 Å². The number of nitrogens with zero attached hydrogens (tertiary/aromatic N) is 6. The van der Waals surface area contributed by atoms with Crippen molar-refractivity contribution in [3.8, 4) is 17.5 Å². The third kappa shape index (κ3) is 5.87. The van der Waals surface area contributed by atoms with Crippen LogP contribution in [0, 0.1) is 11.8 Å². The molecule has 0 fully saturated rings. The van der Waals surface area contributed by atoms with Gasteiger partial charge in [0.1, 0.15) is 17.1 Å². The molecule has 4 N–H and O–H groups in total. The second-order valence-electron chi connectivity index (χ2n) is 8.27. The van der Waals surface area contributed by atoms with Crippen LogP contribution in [0.4, 0.5) is 11.6 Å². The van der Waals surface area contributed by atoms with Crippen molar-refractivity contribution in [2.75, 3.05) is 5.73 Å². The van der Waals surface area contributed by atoms with E-state index in [0.717, 1.165) is 11.5 Å². The number of primary amides is 1. The predicted molar refractivity (Wildman–Crippen MR) is 159 cm³/mol. The van der Waals surface area contributed by atoms with Crippen LogP contribution in [-0.4, -0.2) is 36.4 Å². The zero-order valence-corrected chi connectivity index (χ0v) is 22.7. The van der Waals surface area contributed by atoms with E-state index in [9.17, 15) is 9.59 Å². The largest absolute Gasteiger partial charge is 0.381 e. The number of aromatic nitrogens is 5. The summed E-state index contributed by atoms with van der Waals surface area (Å²) in [4.78, 5) is 37.2. The molecule has 5 rings (SSSR count). The normalized spacial score (nSPS) is 10.6. The third-order valence-corrected chi connectivity index (χ3v) is 6.23. The Kier molecular flexibility index (Phi) is 8.63. The van der Waals surface area contributed by atoms with Gasteiger partial charge in [-0.3, -0.25) is 14.2 Å². The van der Waals surface area contributed by atoms with Crippen LogP contribution in [0.2, 0.25) is 0 Å². The van der Waals surface area contributed by atoms with Crippen molar-refractivity contribution in [1.29, 1.82) is 0 Å². The van der Waals surface area contributed by atoms with E-state index >= 15 is 0 Å². The Morgan fingerprint density at radius 3 is 2.60 bits per heavy atom. The Morgan fingerprint density at radius 1 is 1.18 bits per heavy atom. The topological polar surface area (TPSA) is 147 Å². The number of hydrogen-bond donors (Lipinski definition) is 2. The summed E-state index contributed by atoms with van der Waals surface area (Å²) in [6.07, 6.45) is 3.58. The average molecular weight is 551 g/mol. The first-order chi connectivity index (χ1) is 19.3. The number of allylic oxidation sites excluding steroid dienone is 1. The molecule has 0 aliphatic heterocycles. The summed E-state index contributed by atoms with van der Waals surface area (Å²) in [5.74, 6) is 6.61. The molecule has 3 heterocycles. The molecule has 0 bridgehead atoms. The fraction of sp³-hybridized carbons (Fsp3) is 0.103. The Bertz CT molecular complexity index is 1830. The number of carbonyl (C=O) groups excluding carboxylic acids is 1. The first-order valence-electron chi connectivity index (χ1n) is 12.1. The Morgan fingerprint density at radius 2 is 1.95 bits per heavy atom. The lowest BCUT2D eigenvalue weighted by Crippen LogP contribution is -2.24. The van der Waals surface area contributed by atoms with E-state index < -0.39 is 5.91 Å². The van der Waals surface area contributed by atoms with Gasteiger partial charge < -0.3 is 11.5 Å². The lowest BCUT2D eigenvalue weighted by Gasteiger charge is -2.13. The molecule has 2 aromatic carbocycles. The molecular weight excluding hydrogens is 524 g/mol. The predicted octanol–water partition coefficient (Wildman–Crippen LogP) is 3.79. The molecule has 0 saturated heterocycles. The number of aryl methyl sites for hydroxylation is 2. The number of fused-ring (bicyclic) bond motifs is 1. The van der Waals surface area contributed by atoms with Crippen molar-refractivity contribution < 1.29 is 4.79 Å². The lowest BCUT2D eigenvalue weighted by molar-refractivity contribution is 0.100. The fourth-order valence-corrected chi connectivity index (χ4v) is 4.39. The highest BCUT2D eigenvalue weighted by Gasteiger charge is 2.17. The average Bonchev–Trinajstić information content (AvgIpc) is 3.58. The molecule has 0 radical (unpaired) electrons. The number of nitrogen functional groups attached to an aromatic ring is 1. The van der Waals surface area contributed by atoms with Crippen molar-refractivity contribution in [3.05, 3.63) is 105 Å². The number of amides is 1. The molecule has 0 unspecified atom stereocenters. The molecule has 1 amide bonds. The van der Waals surface area contributed by atoms with Crippen molar-refractivity contribution in [3.63, 3.8) is 0 Å². The summed E-state index contributed by atoms with van der Waals surface area (Å²) in [6, 6.07) is 15.2. The van der Waals surface area contributed by atoms with Crippen LogP contribution >= 0.6 is 11.3 Å². The molecular formula is C29H26N8O2S. The smallest absolute Gasteiger partial charge is 0.267 e. The van der Waals surface area contributed by atoms with Gasteiger partial charge in [-0.05, 0) is 30.2 Å². The van der Waals surface area contributed by atoms with Gasteiger partial charge in [-0.25, -0.2) is 19.6 Å². The van der Waals surface area contributed by atoms with Gasteiger partial charge in [0.05, 0.1) is 22.1 Å². The maximum absolute atomic E-state index is 13.3. The van der Waals surface area contributed by atoms with Crippen LogP contribution in [0.15, 0.2) is 81.9 Å². The minimum atomic E-state index is -0.646. The fourth-order valence-electron chi connectivity index (χ4n) is 3.91. The van der Waals surface area contributed by atoms with Gasteiger partial charge >= 0.3 is 0 Å². The number of carbonyl (C=O) groups is 1. The molecule has 200 valence electrons. The molecule has 0 atom stereocenters. The molecule has 0 spiro atoms. The highest BCUT2D eigenvalue weighted by molar-refractivity contribution is 7.07. The number of thiazole rings is 1. The van der Waals surface area contributed by atoms with Crippen LogP contribution in [0.5, 0.6) is 0 Å². The molecule has 0 saturated carbocycles. The van der Waals surface area contributed by atoms with Gasteiger partial charge in [-0.15, -0.1) is 11.3 Å². The number of para-hydroxylation sites is 1. The number of aliphatic imine (C=N–C) groups is 1. The third-order valence-electron chi connectivity index (χ3n) is 5.65. The second kappa shape index (κ2) is 12.5.